The van der Waals surface area contributed by atoms with Gasteiger partial charge in [0.05, 0.1) is 11.4 Å². The Kier molecular flexibility index (Phi) is 8.36. The molecule has 4 nitrogen and oxygen atoms in total. The summed E-state index contributed by atoms with van der Waals surface area (Å²) in [6.07, 6.45) is 3.60. The number of nitrogens with one attached hydrogen (secondary N) is 1. The van der Waals surface area contributed by atoms with Crippen molar-refractivity contribution in [1.29, 1.82) is 0 Å². The number of halogens is 3. The maximum Gasteiger partial charge on any atom is 0.255 e. The zero-order valence-corrected chi connectivity index (χ0v) is 16.1. The van der Waals surface area contributed by atoms with Gasteiger partial charge in [0.15, 0.2) is 0 Å². The van der Waals surface area contributed by atoms with Gasteiger partial charge in [-0.05, 0) is 55.7 Å². The Morgan fingerprint density at radius 3 is 2.44 bits per heavy atom. The summed E-state index contributed by atoms with van der Waals surface area (Å²) in [5, 5.41) is 3.58. The molecular weight excluding hydrogens is 381 g/mol. The molecule has 0 unspecified atom stereocenters. The number of carbonyl (C=O) groups is 1. The lowest BCUT2D eigenvalue weighted by atomic mass is 10.1. The number of nitrogen functional groups attached to an aromatic ring is 1. The van der Waals surface area contributed by atoms with E-state index in [-0.39, 0.29) is 30.7 Å². The van der Waals surface area contributed by atoms with Crippen LogP contribution in [0, 0.1) is 0 Å². The maximum absolute atomic E-state index is 12.5. The fourth-order valence-corrected chi connectivity index (χ4v) is 3.07. The predicted molar refractivity (Wildman–Crippen MR) is 111 cm³/mol. The highest BCUT2D eigenvalue weighted by molar-refractivity contribution is 6.31. The molecule has 25 heavy (non-hydrogen) atoms. The van der Waals surface area contributed by atoms with Crippen LogP contribution >= 0.6 is 36.4 Å². The fraction of sp³-hybridized carbons (Fsp3) is 0.278. The molecule has 0 bridgehead atoms. The minimum Gasteiger partial charge on any atom is -0.399 e. The van der Waals surface area contributed by atoms with Crippen molar-refractivity contribution in [2.75, 3.05) is 29.0 Å². The molecule has 0 atom stereocenters. The Bertz CT molecular complexity index is 718. The van der Waals surface area contributed by atoms with Gasteiger partial charge in [0.25, 0.3) is 5.91 Å². The van der Waals surface area contributed by atoms with Gasteiger partial charge in [0.2, 0.25) is 0 Å². The van der Waals surface area contributed by atoms with E-state index in [1.165, 1.54) is 19.3 Å². The molecule has 1 amide bonds. The van der Waals surface area contributed by atoms with Gasteiger partial charge in [0, 0.05) is 29.4 Å². The Labute approximate surface area is 165 Å². The van der Waals surface area contributed by atoms with Crippen molar-refractivity contribution in [2.45, 2.75) is 19.3 Å². The van der Waals surface area contributed by atoms with Gasteiger partial charge in [-0.3, -0.25) is 4.79 Å². The van der Waals surface area contributed by atoms with Gasteiger partial charge >= 0.3 is 0 Å². The quantitative estimate of drug-likeness (QED) is 0.710. The maximum atomic E-state index is 12.5. The zero-order valence-electron chi connectivity index (χ0n) is 13.7. The van der Waals surface area contributed by atoms with Crippen molar-refractivity contribution < 1.29 is 4.79 Å². The Balaban J connectivity index is 0.00000156. The van der Waals surface area contributed by atoms with E-state index in [1.807, 2.05) is 12.1 Å². The van der Waals surface area contributed by atoms with Crippen LogP contribution in [0.3, 0.4) is 0 Å². The molecule has 1 saturated heterocycles. The first-order valence-corrected chi connectivity index (χ1v) is 8.23. The topological polar surface area (TPSA) is 58.4 Å². The van der Waals surface area contributed by atoms with E-state index < -0.39 is 0 Å². The second kappa shape index (κ2) is 9.76. The molecule has 0 spiro atoms. The number of nitrogens with two attached hydrogens (primary N) is 1. The van der Waals surface area contributed by atoms with E-state index in [0.29, 0.717) is 16.3 Å². The lowest BCUT2D eigenvalue weighted by Crippen LogP contribution is -2.30. The first kappa shape index (κ1) is 21.4. The number of carbonyl (C=O) groups excluding carboxylic acids is 1. The summed E-state index contributed by atoms with van der Waals surface area (Å²) >= 11 is 6.12. The highest BCUT2D eigenvalue weighted by Crippen LogP contribution is 2.31. The minimum atomic E-state index is -0.183. The standard InChI is InChI=1S/C18H20ClN3O.2ClH/c19-14-7-8-17(22-9-2-1-3-10-22)16(12-14)21-18(23)13-5-4-6-15(20)11-13;;/h4-8,11-12H,1-3,9-10,20H2,(H,21,23);2*1H. The lowest BCUT2D eigenvalue weighted by molar-refractivity contribution is 0.102. The average Bonchev–Trinajstić information content (AvgIpc) is 2.56. The van der Waals surface area contributed by atoms with Crippen LogP contribution in [0.5, 0.6) is 0 Å². The van der Waals surface area contributed by atoms with Crippen molar-refractivity contribution in [3.8, 4) is 0 Å². The van der Waals surface area contributed by atoms with E-state index in [1.54, 1.807) is 30.3 Å². The van der Waals surface area contributed by atoms with Crippen LogP contribution in [0.2, 0.25) is 5.02 Å². The molecule has 1 fully saturated rings. The van der Waals surface area contributed by atoms with Crippen molar-refractivity contribution in [3.05, 3.63) is 53.1 Å². The molecule has 3 rings (SSSR count). The molecule has 0 aromatic heterocycles. The molecule has 1 aliphatic rings. The van der Waals surface area contributed by atoms with Gasteiger partial charge in [-0.1, -0.05) is 17.7 Å². The Morgan fingerprint density at radius 2 is 1.76 bits per heavy atom. The fourth-order valence-electron chi connectivity index (χ4n) is 2.89. The molecule has 0 aliphatic carbocycles. The van der Waals surface area contributed by atoms with Crippen molar-refractivity contribution in [3.63, 3.8) is 0 Å². The summed E-state index contributed by atoms with van der Waals surface area (Å²) < 4.78 is 0. The molecule has 1 aliphatic heterocycles. The molecule has 7 heteroatoms. The third kappa shape index (κ3) is 5.43. The van der Waals surface area contributed by atoms with Crippen LogP contribution in [-0.4, -0.2) is 19.0 Å². The van der Waals surface area contributed by atoms with Crippen LogP contribution < -0.4 is 16.0 Å². The summed E-state index contributed by atoms with van der Waals surface area (Å²) in [4.78, 5) is 14.8. The van der Waals surface area contributed by atoms with E-state index in [0.717, 1.165) is 24.5 Å². The van der Waals surface area contributed by atoms with Gasteiger partial charge in [0.1, 0.15) is 0 Å². The second-order valence-corrected chi connectivity index (χ2v) is 6.23. The van der Waals surface area contributed by atoms with Crippen LogP contribution in [0.1, 0.15) is 29.6 Å². The summed E-state index contributed by atoms with van der Waals surface area (Å²) in [7, 11) is 0. The monoisotopic (exact) mass is 401 g/mol. The SMILES string of the molecule is Cl.Cl.Nc1cccc(C(=O)Nc2cc(Cl)ccc2N2CCCCC2)c1. The molecule has 2 aromatic carbocycles. The summed E-state index contributed by atoms with van der Waals surface area (Å²) in [5.74, 6) is -0.183. The molecule has 1 heterocycles. The summed E-state index contributed by atoms with van der Waals surface area (Å²) in [6, 6.07) is 12.6. The third-order valence-electron chi connectivity index (χ3n) is 4.05. The number of nitrogens with zero attached hydrogens (tertiary/aromatic N) is 1. The van der Waals surface area contributed by atoms with Crippen molar-refractivity contribution in [1.82, 2.24) is 0 Å². The first-order chi connectivity index (χ1) is 11.1. The van der Waals surface area contributed by atoms with E-state index in [2.05, 4.69) is 10.2 Å². The molecule has 136 valence electrons. The smallest absolute Gasteiger partial charge is 0.255 e. The van der Waals surface area contributed by atoms with Crippen LogP contribution in [-0.2, 0) is 0 Å². The van der Waals surface area contributed by atoms with Crippen LogP contribution in [0.25, 0.3) is 0 Å². The Morgan fingerprint density at radius 1 is 1.04 bits per heavy atom. The number of piperidine rings is 1. The molecular formula is C18H22Cl3N3O. The molecule has 0 saturated carbocycles. The highest BCUT2D eigenvalue weighted by Gasteiger charge is 2.17. The molecule has 0 radical (unpaired) electrons. The van der Waals surface area contributed by atoms with Gasteiger partial charge in [-0.15, -0.1) is 24.8 Å². The van der Waals surface area contributed by atoms with Crippen molar-refractivity contribution in [2.24, 2.45) is 0 Å². The zero-order chi connectivity index (χ0) is 16.2. The third-order valence-corrected chi connectivity index (χ3v) is 4.29. The molecule has 2 aromatic rings. The normalized spacial score (nSPS) is 13.4. The van der Waals surface area contributed by atoms with E-state index >= 15 is 0 Å². The number of benzene rings is 2. The predicted octanol–water partition coefficient (Wildman–Crippen LogP) is 5.01. The lowest BCUT2D eigenvalue weighted by Gasteiger charge is -2.30. The second-order valence-electron chi connectivity index (χ2n) is 5.79. The number of hydrogen-bond donors (Lipinski definition) is 2. The highest BCUT2D eigenvalue weighted by atomic mass is 35.5. The van der Waals surface area contributed by atoms with Gasteiger partial charge < -0.3 is 16.0 Å². The number of hydrogen-bond acceptors (Lipinski definition) is 3. The minimum absolute atomic E-state index is 0. The molecule has 3 N–H and O–H groups in total. The number of anilines is 3. The van der Waals surface area contributed by atoms with Crippen molar-refractivity contribution >= 4 is 59.4 Å². The summed E-state index contributed by atoms with van der Waals surface area (Å²) in [6.45, 7) is 2.01. The van der Waals surface area contributed by atoms with Gasteiger partial charge in [-0.25, -0.2) is 0 Å². The Hall–Kier alpha value is -1.62. The number of rotatable bonds is 3. The number of amides is 1. The first-order valence-electron chi connectivity index (χ1n) is 7.85. The van der Waals surface area contributed by atoms with Crippen LogP contribution in [0.4, 0.5) is 17.1 Å². The average molecular weight is 403 g/mol. The largest absolute Gasteiger partial charge is 0.399 e. The van der Waals surface area contributed by atoms with E-state index in [9.17, 15) is 4.79 Å². The van der Waals surface area contributed by atoms with Crippen LogP contribution in [0.15, 0.2) is 42.5 Å². The van der Waals surface area contributed by atoms with Gasteiger partial charge in [-0.2, -0.15) is 0 Å². The summed E-state index contributed by atoms with van der Waals surface area (Å²) in [5.41, 5.74) is 8.62. The van der Waals surface area contributed by atoms with E-state index in [4.69, 9.17) is 17.3 Å².